The highest BCUT2D eigenvalue weighted by Crippen LogP contribution is 2.36. The van der Waals surface area contributed by atoms with E-state index in [0.717, 1.165) is 29.5 Å². The van der Waals surface area contributed by atoms with Gasteiger partial charge in [0.05, 0.1) is 12.1 Å². The van der Waals surface area contributed by atoms with Crippen molar-refractivity contribution in [3.8, 4) is 5.75 Å². The number of phenolic OH excluding ortho intramolecular Hbond substituents is 1. The summed E-state index contributed by atoms with van der Waals surface area (Å²) in [6.07, 6.45) is 2.88. The molecule has 0 heterocycles. The third kappa shape index (κ3) is 2.79. The van der Waals surface area contributed by atoms with Crippen molar-refractivity contribution < 1.29 is 10.2 Å². The topological polar surface area (TPSA) is 66.5 Å². The van der Waals surface area contributed by atoms with E-state index in [2.05, 4.69) is 0 Å². The molecule has 1 fully saturated rings. The summed E-state index contributed by atoms with van der Waals surface area (Å²) >= 11 is 0. The Hall–Kier alpha value is -0.770. The molecule has 102 valence electrons. The van der Waals surface area contributed by atoms with E-state index in [9.17, 15) is 10.2 Å². The van der Waals surface area contributed by atoms with Crippen molar-refractivity contribution in [1.29, 1.82) is 0 Å². The Morgan fingerprint density at radius 3 is 2.11 bits per heavy atom. The Morgan fingerprint density at radius 1 is 1.22 bits per heavy atom. The van der Waals surface area contributed by atoms with Crippen LogP contribution >= 0.6 is 12.4 Å². The Labute approximate surface area is 114 Å². The monoisotopic (exact) mass is 271 g/mol. The molecule has 1 aromatic carbocycles. The van der Waals surface area contributed by atoms with Gasteiger partial charge in [0.2, 0.25) is 0 Å². The number of hydrogen-bond acceptors (Lipinski definition) is 3. The first-order chi connectivity index (χ1) is 8.00. The predicted octanol–water partition coefficient (Wildman–Crippen LogP) is 2.59. The van der Waals surface area contributed by atoms with Crippen molar-refractivity contribution in [3.63, 3.8) is 0 Å². The third-order valence-electron chi connectivity index (χ3n) is 3.91. The van der Waals surface area contributed by atoms with Crippen LogP contribution in [0.25, 0.3) is 0 Å². The smallest absolute Gasteiger partial charge is 0.116 e. The van der Waals surface area contributed by atoms with Gasteiger partial charge in [-0.2, -0.15) is 0 Å². The zero-order chi connectivity index (χ0) is 12.6. The number of rotatable bonds is 3. The van der Waals surface area contributed by atoms with Crippen LogP contribution in [0.3, 0.4) is 0 Å². The molecular weight excluding hydrogens is 250 g/mol. The van der Waals surface area contributed by atoms with Crippen LogP contribution in [0.2, 0.25) is 0 Å². The van der Waals surface area contributed by atoms with Crippen molar-refractivity contribution in [2.75, 3.05) is 0 Å². The lowest BCUT2D eigenvalue weighted by molar-refractivity contribution is 0.0410. The second-order valence-corrected chi connectivity index (χ2v) is 5.20. The molecule has 4 N–H and O–H groups in total. The fourth-order valence-electron chi connectivity index (χ4n) is 2.72. The van der Waals surface area contributed by atoms with Gasteiger partial charge in [-0.3, -0.25) is 0 Å². The van der Waals surface area contributed by atoms with Gasteiger partial charge in [-0.25, -0.2) is 0 Å². The molecule has 0 saturated heterocycles. The van der Waals surface area contributed by atoms with Crippen LogP contribution < -0.4 is 5.73 Å². The van der Waals surface area contributed by atoms with E-state index >= 15 is 0 Å². The maximum absolute atomic E-state index is 10.2. The zero-order valence-corrected chi connectivity index (χ0v) is 11.7. The summed E-state index contributed by atoms with van der Waals surface area (Å²) in [5.41, 5.74) is 9.05. The molecule has 1 saturated carbocycles. The van der Waals surface area contributed by atoms with E-state index < -0.39 is 6.10 Å². The highest BCUT2D eigenvalue weighted by molar-refractivity contribution is 5.85. The lowest BCUT2D eigenvalue weighted by Gasteiger charge is -2.34. The number of hydrogen-bond donors (Lipinski definition) is 3. The third-order valence-corrected chi connectivity index (χ3v) is 3.91. The molecule has 0 bridgehead atoms. The Morgan fingerprint density at radius 2 is 1.72 bits per heavy atom. The highest BCUT2D eigenvalue weighted by atomic mass is 35.5. The number of nitrogens with two attached hydrogens (primary N) is 1. The first kappa shape index (κ1) is 15.3. The molecule has 1 aliphatic carbocycles. The Bertz CT molecular complexity index is 395. The molecule has 0 spiro atoms. The maximum Gasteiger partial charge on any atom is 0.116 e. The van der Waals surface area contributed by atoms with Gasteiger partial charge in [-0.05, 0) is 61.4 Å². The van der Waals surface area contributed by atoms with Gasteiger partial charge >= 0.3 is 0 Å². The normalized spacial score (nSPS) is 18.7. The maximum atomic E-state index is 10.2. The average molecular weight is 272 g/mol. The number of aromatic hydroxyl groups is 1. The lowest BCUT2D eigenvalue weighted by atomic mass is 9.76. The molecule has 3 nitrogen and oxygen atoms in total. The van der Waals surface area contributed by atoms with Crippen molar-refractivity contribution in [2.24, 2.45) is 11.7 Å². The van der Waals surface area contributed by atoms with Gasteiger partial charge in [0.1, 0.15) is 5.75 Å². The minimum atomic E-state index is -0.467. The van der Waals surface area contributed by atoms with E-state index in [4.69, 9.17) is 5.73 Å². The van der Waals surface area contributed by atoms with E-state index in [-0.39, 0.29) is 24.2 Å². The lowest BCUT2D eigenvalue weighted by Crippen LogP contribution is -2.37. The first-order valence-corrected chi connectivity index (χ1v) is 6.24. The second kappa shape index (κ2) is 5.91. The van der Waals surface area contributed by atoms with Gasteiger partial charge in [-0.1, -0.05) is 6.42 Å². The number of halogens is 1. The largest absolute Gasteiger partial charge is 0.508 e. The minimum absolute atomic E-state index is 0. The Balaban J connectivity index is 0.00000162. The molecule has 1 aliphatic rings. The molecule has 4 heteroatoms. The number of aliphatic hydroxyl groups excluding tert-OH is 1. The van der Waals surface area contributed by atoms with Crippen molar-refractivity contribution in [2.45, 2.75) is 45.3 Å². The zero-order valence-electron chi connectivity index (χ0n) is 10.9. The quantitative estimate of drug-likeness (QED) is 0.792. The van der Waals surface area contributed by atoms with E-state index in [0.29, 0.717) is 5.92 Å². The van der Waals surface area contributed by atoms with E-state index in [1.807, 2.05) is 13.8 Å². The summed E-state index contributed by atoms with van der Waals surface area (Å²) in [6, 6.07) is 3.06. The molecule has 18 heavy (non-hydrogen) atoms. The molecular formula is C14H22ClNO2. The summed E-state index contributed by atoms with van der Waals surface area (Å²) in [5.74, 6) is 0.603. The fourth-order valence-corrected chi connectivity index (χ4v) is 2.72. The van der Waals surface area contributed by atoms with Crippen LogP contribution in [0.5, 0.6) is 5.75 Å². The number of phenols is 1. The van der Waals surface area contributed by atoms with Crippen LogP contribution in [-0.2, 0) is 0 Å². The van der Waals surface area contributed by atoms with Gasteiger partial charge in [0.25, 0.3) is 0 Å². The molecule has 2 atom stereocenters. The summed E-state index contributed by atoms with van der Waals surface area (Å²) in [4.78, 5) is 0. The van der Waals surface area contributed by atoms with Crippen LogP contribution in [0, 0.1) is 19.8 Å². The molecule has 0 aliphatic heterocycles. The highest BCUT2D eigenvalue weighted by Gasteiger charge is 2.31. The first-order valence-electron chi connectivity index (χ1n) is 6.24. The summed E-state index contributed by atoms with van der Waals surface area (Å²) in [6.45, 7) is 3.85. The van der Waals surface area contributed by atoms with Gasteiger partial charge in [0.15, 0.2) is 0 Å². The number of aliphatic hydroxyl groups is 1. The SMILES string of the molecule is Cc1cc(O)cc(C)c1[C@H](N)[C@H](O)C1CCC1.Cl. The Kier molecular flexibility index (Phi) is 5.02. The summed E-state index contributed by atoms with van der Waals surface area (Å²) in [7, 11) is 0. The van der Waals surface area contributed by atoms with E-state index in [1.165, 1.54) is 6.42 Å². The molecule has 1 aromatic rings. The van der Waals surface area contributed by atoms with Crippen LogP contribution in [0.15, 0.2) is 12.1 Å². The van der Waals surface area contributed by atoms with Crippen molar-refractivity contribution in [3.05, 3.63) is 28.8 Å². The van der Waals surface area contributed by atoms with Gasteiger partial charge in [-0.15, -0.1) is 12.4 Å². The number of benzene rings is 1. The predicted molar refractivity (Wildman–Crippen MR) is 75.1 cm³/mol. The van der Waals surface area contributed by atoms with Crippen molar-refractivity contribution >= 4 is 12.4 Å². The van der Waals surface area contributed by atoms with Crippen LogP contribution in [-0.4, -0.2) is 16.3 Å². The number of aryl methyl sites for hydroxylation is 2. The van der Waals surface area contributed by atoms with Crippen LogP contribution in [0.1, 0.15) is 42.0 Å². The van der Waals surface area contributed by atoms with Crippen LogP contribution in [0.4, 0.5) is 0 Å². The molecule has 0 aromatic heterocycles. The molecule has 0 radical (unpaired) electrons. The minimum Gasteiger partial charge on any atom is -0.508 e. The summed E-state index contributed by atoms with van der Waals surface area (Å²) in [5, 5.41) is 19.7. The van der Waals surface area contributed by atoms with E-state index in [1.54, 1.807) is 12.1 Å². The fraction of sp³-hybridized carbons (Fsp3) is 0.571. The summed E-state index contributed by atoms with van der Waals surface area (Å²) < 4.78 is 0. The molecule has 2 rings (SSSR count). The van der Waals surface area contributed by atoms with Gasteiger partial charge < -0.3 is 15.9 Å². The van der Waals surface area contributed by atoms with Crippen molar-refractivity contribution in [1.82, 2.24) is 0 Å². The molecule has 0 amide bonds. The molecule has 0 unspecified atom stereocenters. The van der Waals surface area contributed by atoms with Gasteiger partial charge in [0, 0.05) is 0 Å². The average Bonchev–Trinajstić information content (AvgIpc) is 2.12. The standard InChI is InChI=1S/C14H21NO2.ClH/c1-8-6-11(16)7-9(2)12(8)13(15)14(17)10-4-3-5-10;/h6-7,10,13-14,16-17H,3-5,15H2,1-2H3;1H/t13-,14+;/m0./s1. The second-order valence-electron chi connectivity index (χ2n) is 5.20.